The number of aromatic amines is 1. The van der Waals surface area contributed by atoms with Crippen molar-refractivity contribution in [3.05, 3.63) is 65.9 Å². The van der Waals surface area contributed by atoms with Gasteiger partial charge in [0, 0.05) is 42.5 Å². The number of aromatic nitrogens is 1. The van der Waals surface area contributed by atoms with Gasteiger partial charge in [0.1, 0.15) is 11.8 Å². The first-order valence-corrected chi connectivity index (χ1v) is 11.9. The van der Waals surface area contributed by atoms with Crippen molar-refractivity contribution >= 4 is 22.8 Å². The van der Waals surface area contributed by atoms with Gasteiger partial charge in [-0.1, -0.05) is 44.2 Å². The number of aromatic hydroxyl groups is 1. The number of likely N-dealkylation sites (tertiary alicyclic amines) is 1. The molecule has 2 aromatic carbocycles. The van der Waals surface area contributed by atoms with Crippen LogP contribution in [0.1, 0.15) is 43.9 Å². The zero-order valence-corrected chi connectivity index (χ0v) is 19.7. The van der Waals surface area contributed by atoms with Gasteiger partial charge in [0.15, 0.2) is 0 Å². The number of rotatable bonds is 8. The lowest BCUT2D eigenvalue weighted by atomic mass is 9.79. The Hall–Kier alpha value is -3.32. The van der Waals surface area contributed by atoms with Crippen molar-refractivity contribution in [2.45, 2.75) is 45.2 Å². The second kappa shape index (κ2) is 10.3. The molecule has 1 saturated heterocycles. The number of amides is 1. The first kappa shape index (κ1) is 23.8. The molecular weight excluding hydrogens is 430 g/mol. The fourth-order valence-corrected chi connectivity index (χ4v) is 5.12. The average Bonchev–Trinajstić information content (AvgIpc) is 3.22. The molecule has 0 radical (unpaired) electrons. The molecular formula is C27H33N3O4. The molecule has 1 amide bonds. The van der Waals surface area contributed by atoms with Crippen molar-refractivity contribution in [2.75, 3.05) is 13.1 Å². The third kappa shape index (κ3) is 5.25. The number of benzene rings is 2. The van der Waals surface area contributed by atoms with E-state index in [0.717, 1.165) is 35.0 Å². The van der Waals surface area contributed by atoms with E-state index in [9.17, 15) is 19.8 Å². The molecule has 2 heterocycles. The Labute approximate surface area is 199 Å². The molecule has 0 spiro atoms. The van der Waals surface area contributed by atoms with E-state index in [4.69, 9.17) is 0 Å². The summed E-state index contributed by atoms with van der Waals surface area (Å²) in [6, 6.07) is 14.2. The first-order chi connectivity index (χ1) is 16.3. The lowest BCUT2D eigenvalue weighted by Crippen LogP contribution is -2.45. The second-order valence-electron chi connectivity index (χ2n) is 9.47. The topological polar surface area (TPSA) is 106 Å². The van der Waals surface area contributed by atoms with Crippen LogP contribution in [0, 0.1) is 11.8 Å². The predicted octanol–water partition coefficient (Wildman–Crippen LogP) is 4.09. The summed E-state index contributed by atoms with van der Waals surface area (Å²) < 4.78 is 0. The Morgan fingerprint density at radius 3 is 2.74 bits per heavy atom. The highest BCUT2D eigenvalue weighted by molar-refractivity contribution is 5.86. The quantitative estimate of drug-likeness (QED) is 0.403. The van der Waals surface area contributed by atoms with E-state index in [1.54, 1.807) is 12.1 Å². The van der Waals surface area contributed by atoms with E-state index in [1.165, 1.54) is 0 Å². The summed E-state index contributed by atoms with van der Waals surface area (Å²) in [4.78, 5) is 30.1. The smallest absolute Gasteiger partial charge is 0.326 e. The number of fused-ring (bicyclic) bond motifs is 1. The number of hydrogen-bond donors (Lipinski definition) is 4. The highest BCUT2D eigenvalue weighted by Gasteiger charge is 2.34. The molecule has 4 N–H and O–H groups in total. The number of para-hydroxylation sites is 1. The molecule has 1 aromatic heterocycles. The van der Waals surface area contributed by atoms with Gasteiger partial charge in [-0.05, 0) is 54.1 Å². The number of carboxylic acids is 1. The lowest BCUT2D eigenvalue weighted by molar-refractivity contribution is -0.141. The van der Waals surface area contributed by atoms with Crippen LogP contribution in [0.3, 0.4) is 0 Å². The van der Waals surface area contributed by atoms with E-state index >= 15 is 0 Å². The van der Waals surface area contributed by atoms with Crippen LogP contribution in [0.25, 0.3) is 10.9 Å². The monoisotopic (exact) mass is 463 g/mol. The summed E-state index contributed by atoms with van der Waals surface area (Å²) in [5.74, 6) is -0.177. The van der Waals surface area contributed by atoms with Gasteiger partial charge in [0.25, 0.3) is 0 Å². The summed E-state index contributed by atoms with van der Waals surface area (Å²) in [7, 11) is 0. The van der Waals surface area contributed by atoms with Crippen molar-refractivity contribution in [2.24, 2.45) is 11.8 Å². The number of carboxylic acid groups (broad SMARTS) is 1. The van der Waals surface area contributed by atoms with E-state index in [0.29, 0.717) is 18.4 Å². The number of phenolic OH excluding ortho intramolecular Hbond substituents is 1. The van der Waals surface area contributed by atoms with Crippen LogP contribution in [0.2, 0.25) is 0 Å². The van der Waals surface area contributed by atoms with E-state index in [-0.39, 0.29) is 30.5 Å². The molecule has 1 unspecified atom stereocenters. The number of H-pyrrole nitrogens is 1. The van der Waals surface area contributed by atoms with Crippen molar-refractivity contribution in [1.29, 1.82) is 0 Å². The van der Waals surface area contributed by atoms with Gasteiger partial charge in [-0.15, -0.1) is 0 Å². The minimum atomic E-state index is -1.04. The Morgan fingerprint density at radius 2 is 1.97 bits per heavy atom. The molecule has 0 bridgehead atoms. The molecule has 1 aliphatic heterocycles. The fraction of sp³-hybridized carbons (Fsp3) is 0.407. The second-order valence-corrected chi connectivity index (χ2v) is 9.47. The number of hydrogen-bond acceptors (Lipinski definition) is 4. The molecule has 3 aromatic rings. The Kier molecular flexibility index (Phi) is 7.22. The van der Waals surface area contributed by atoms with Crippen LogP contribution in [0.4, 0.5) is 0 Å². The number of piperidine rings is 1. The van der Waals surface area contributed by atoms with E-state index in [1.807, 2.05) is 42.6 Å². The van der Waals surface area contributed by atoms with Crippen molar-refractivity contribution in [1.82, 2.24) is 15.2 Å². The van der Waals surface area contributed by atoms with Crippen LogP contribution in [0.5, 0.6) is 5.75 Å². The standard InChI is InChI=1S/C27H33N3O4/c1-17-10-12-30(26(18(17)2)19-6-5-7-21(31)14-19)13-11-25(32)29-24(27(33)34)15-20-16-28-23-9-4-3-8-22(20)23/h3-9,14,16-18,24,26,28,31H,10-13,15H2,1-2H3,(H,29,32)(H,33,34)/t17-,18-,24+,26?/m1/s1. The summed E-state index contributed by atoms with van der Waals surface area (Å²) in [5, 5.41) is 23.4. The average molecular weight is 464 g/mol. The van der Waals surface area contributed by atoms with Crippen LogP contribution in [-0.2, 0) is 16.0 Å². The number of phenols is 1. The van der Waals surface area contributed by atoms with Gasteiger partial charge >= 0.3 is 5.97 Å². The van der Waals surface area contributed by atoms with Gasteiger partial charge in [-0.25, -0.2) is 4.79 Å². The zero-order valence-electron chi connectivity index (χ0n) is 19.7. The van der Waals surface area contributed by atoms with Gasteiger partial charge in [-0.2, -0.15) is 0 Å². The summed E-state index contributed by atoms with van der Waals surface area (Å²) in [5.41, 5.74) is 2.85. The maximum atomic E-state index is 12.8. The number of nitrogens with zero attached hydrogens (tertiary/aromatic N) is 1. The highest BCUT2D eigenvalue weighted by atomic mass is 16.4. The van der Waals surface area contributed by atoms with Crippen LogP contribution >= 0.6 is 0 Å². The van der Waals surface area contributed by atoms with Gasteiger partial charge in [0.05, 0.1) is 0 Å². The molecule has 1 aliphatic rings. The van der Waals surface area contributed by atoms with Crippen molar-refractivity contribution < 1.29 is 19.8 Å². The van der Waals surface area contributed by atoms with Crippen molar-refractivity contribution in [3.8, 4) is 5.75 Å². The summed E-state index contributed by atoms with van der Waals surface area (Å²) >= 11 is 0. The normalized spacial score (nSPS) is 21.9. The molecule has 180 valence electrons. The largest absolute Gasteiger partial charge is 0.508 e. The van der Waals surface area contributed by atoms with Gasteiger partial charge < -0.3 is 20.5 Å². The Bertz CT molecular complexity index is 1160. The van der Waals surface area contributed by atoms with Crippen LogP contribution in [-0.4, -0.2) is 51.1 Å². The minimum Gasteiger partial charge on any atom is -0.508 e. The number of carbonyl (C=O) groups excluding carboxylic acids is 1. The zero-order chi connectivity index (χ0) is 24.2. The lowest BCUT2D eigenvalue weighted by Gasteiger charge is -2.43. The molecule has 7 heteroatoms. The molecule has 7 nitrogen and oxygen atoms in total. The van der Waals surface area contributed by atoms with Gasteiger partial charge in [0.2, 0.25) is 5.91 Å². The Morgan fingerprint density at radius 1 is 1.18 bits per heavy atom. The molecule has 0 saturated carbocycles. The molecule has 34 heavy (non-hydrogen) atoms. The minimum absolute atomic E-state index is 0.102. The first-order valence-electron chi connectivity index (χ1n) is 11.9. The third-order valence-corrected chi connectivity index (χ3v) is 7.23. The molecule has 4 atom stereocenters. The maximum Gasteiger partial charge on any atom is 0.326 e. The molecule has 1 fully saturated rings. The van der Waals surface area contributed by atoms with E-state index < -0.39 is 12.0 Å². The fourth-order valence-electron chi connectivity index (χ4n) is 5.12. The van der Waals surface area contributed by atoms with E-state index in [2.05, 4.69) is 29.0 Å². The van der Waals surface area contributed by atoms with Crippen molar-refractivity contribution in [3.63, 3.8) is 0 Å². The number of carbonyl (C=O) groups is 2. The summed E-state index contributed by atoms with van der Waals surface area (Å²) in [6.45, 7) is 5.85. The van der Waals surface area contributed by atoms with Gasteiger partial charge in [-0.3, -0.25) is 9.69 Å². The molecule has 0 aliphatic carbocycles. The third-order valence-electron chi connectivity index (χ3n) is 7.23. The Balaban J connectivity index is 1.41. The maximum absolute atomic E-state index is 12.8. The molecule has 4 rings (SSSR count). The van der Waals surface area contributed by atoms with Crippen LogP contribution < -0.4 is 5.32 Å². The summed E-state index contributed by atoms with van der Waals surface area (Å²) in [6.07, 6.45) is 3.28. The number of nitrogens with one attached hydrogen (secondary N) is 2. The number of aliphatic carboxylic acids is 1. The predicted molar refractivity (Wildman–Crippen MR) is 132 cm³/mol. The SMILES string of the molecule is C[C@@H]1CCN(CCC(=O)N[C@@H](Cc2c[nH]c3ccccc23)C(=O)O)C(c2cccc(O)c2)[C@@H]1C. The van der Waals surface area contributed by atoms with Crippen LogP contribution in [0.15, 0.2) is 54.7 Å². The highest BCUT2D eigenvalue weighted by Crippen LogP contribution is 2.39.